The van der Waals surface area contributed by atoms with Gasteiger partial charge < -0.3 is 16.0 Å². The van der Waals surface area contributed by atoms with Crippen molar-refractivity contribution < 1.29 is 19.2 Å². The van der Waals surface area contributed by atoms with E-state index in [4.69, 9.17) is 0 Å². The number of amides is 3. The number of hydrogen-bond acceptors (Lipinski definition) is 7. The van der Waals surface area contributed by atoms with Gasteiger partial charge in [-0.1, -0.05) is 47.6 Å². The smallest absolute Gasteiger partial charge is 0.347 e. The molecule has 4 rings (SSSR count). The van der Waals surface area contributed by atoms with Crippen LogP contribution in [-0.4, -0.2) is 47.2 Å². The zero-order valence-electron chi connectivity index (χ0n) is 19.2. The van der Waals surface area contributed by atoms with Gasteiger partial charge in [0.1, 0.15) is 17.7 Å². The number of benzene rings is 1. The number of fused-ring (bicyclic) bond motifs is 1. The summed E-state index contributed by atoms with van der Waals surface area (Å²) in [6.45, 7) is 0.361. The van der Waals surface area contributed by atoms with Gasteiger partial charge in [-0.3, -0.25) is 14.4 Å². The monoisotopic (exact) mass is 474 g/mol. The van der Waals surface area contributed by atoms with Crippen LogP contribution in [0.15, 0.2) is 71.2 Å². The van der Waals surface area contributed by atoms with Gasteiger partial charge in [0.2, 0.25) is 0 Å². The van der Waals surface area contributed by atoms with E-state index in [2.05, 4.69) is 48.1 Å². The van der Waals surface area contributed by atoms with Crippen LogP contribution < -0.4 is 16.0 Å². The van der Waals surface area contributed by atoms with Crippen LogP contribution in [-0.2, 0) is 11.4 Å². The first-order valence-electron chi connectivity index (χ1n) is 11.3. The first-order chi connectivity index (χ1) is 17.0. The summed E-state index contributed by atoms with van der Waals surface area (Å²) in [5.74, 6) is -0.717. The lowest BCUT2D eigenvalue weighted by Crippen LogP contribution is -2.35. The van der Waals surface area contributed by atoms with E-state index in [1.54, 1.807) is 6.21 Å². The molecule has 3 amide bonds. The molecule has 1 aromatic heterocycles. The summed E-state index contributed by atoms with van der Waals surface area (Å²) in [5, 5.41) is 11.9. The molecule has 35 heavy (non-hydrogen) atoms. The normalized spacial score (nSPS) is 18.8. The summed E-state index contributed by atoms with van der Waals surface area (Å²) in [6, 6.07) is 10.8. The Bertz CT molecular complexity index is 1190. The maximum Gasteiger partial charge on any atom is 0.433 e. The lowest BCUT2D eigenvalue weighted by molar-refractivity contribution is 0.0938. The van der Waals surface area contributed by atoms with E-state index in [1.165, 1.54) is 19.4 Å². The molecule has 0 radical (unpaired) electrons. The van der Waals surface area contributed by atoms with Crippen LogP contribution in [0.4, 0.5) is 4.79 Å². The number of carbonyl (C=O) groups is 3. The molecule has 180 valence electrons. The minimum absolute atomic E-state index is 0.0201. The molecule has 2 unspecified atom stereocenters. The van der Waals surface area contributed by atoms with E-state index >= 15 is 0 Å². The minimum atomic E-state index is -0.619. The maximum absolute atomic E-state index is 12.9. The summed E-state index contributed by atoms with van der Waals surface area (Å²) in [4.78, 5) is 49.2. The number of oxime groups is 1. The van der Waals surface area contributed by atoms with E-state index in [0.717, 1.165) is 29.6 Å². The van der Waals surface area contributed by atoms with Crippen LogP contribution >= 0.6 is 0 Å². The average Bonchev–Trinajstić information content (AvgIpc) is 3.29. The van der Waals surface area contributed by atoms with Crippen molar-refractivity contribution in [2.24, 2.45) is 11.1 Å². The third-order valence-corrected chi connectivity index (χ3v) is 5.80. The van der Waals surface area contributed by atoms with Crippen LogP contribution in [0.3, 0.4) is 0 Å². The number of nitrogens with one attached hydrogen (secondary N) is 3. The standard InChI is InChI=1S/C25H26N6O4/c1-26-25(34)35-30-14-17-7-9-19-18(11-17)8-10-20(19)31-24(33)22-12-21(28-15-29-22)23(32)27-13-16-5-3-2-4-6-16/h2-6,9,11-12,14-15,17,20H,7-8,10,13H2,1H3,(H,26,34)(H,27,32)(H,31,33)/b30-14+. The third-order valence-electron chi connectivity index (χ3n) is 5.80. The van der Waals surface area contributed by atoms with Crippen molar-refractivity contribution in [3.8, 4) is 0 Å². The summed E-state index contributed by atoms with van der Waals surface area (Å²) >= 11 is 0. The molecule has 1 heterocycles. The highest BCUT2D eigenvalue weighted by Gasteiger charge is 2.30. The molecule has 0 spiro atoms. The highest BCUT2D eigenvalue weighted by atomic mass is 16.7. The lowest BCUT2D eigenvalue weighted by Gasteiger charge is -2.19. The Morgan fingerprint density at radius 2 is 1.91 bits per heavy atom. The molecule has 1 fully saturated rings. The van der Waals surface area contributed by atoms with Crippen molar-refractivity contribution >= 4 is 24.1 Å². The summed E-state index contributed by atoms with van der Waals surface area (Å²) in [5.41, 5.74) is 3.44. The zero-order chi connectivity index (χ0) is 24.6. The molecule has 0 aliphatic heterocycles. The molecule has 10 heteroatoms. The number of allylic oxidation sites excluding steroid dienone is 2. The number of hydrogen-bond donors (Lipinski definition) is 3. The van der Waals surface area contributed by atoms with Gasteiger partial charge in [0.05, 0.1) is 12.3 Å². The Morgan fingerprint density at radius 3 is 2.69 bits per heavy atom. The molecule has 0 bridgehead atoms. The lowest BCUT2D eigenvalue weighted by atomic mass is 9.92. The molecule has 2 atom stereocenters. The highest BCUT2D eigenvalue weighted by Crippen LogP contribution is 2.36. The van der Waals surface area contributed by atoms with E-state index in [1.807, 2.05) is 30.3 Å². The maximum atomic E-state index is 12.9. The molecule has 2 aliphatic carbocycles. The molecule has 0 saturated heterocycles. The molecule has 2 aromatic rings. The third kappa shape index (κ3) is 6.17. The summed E-state index contributed by atoms with van der Waals surface area (Å²) in [6.07, 6.45) is 8.61. The van der Waals surface area contributed by atoms with Gasteiger partial charge in [0, 0.05) is 25.6 Å². The van der Waals surface area contributed by atoms with Crippen molar-refractivity contribution in [3.05, 3.63) is 83.0 Å². The first kappa shape index (κ1) is 23.8. The Balaban J connectivity index is 1.34. The van der Waals surface area contributed by atoms with E-state index in [-0.39, 0.29) is 35.2 Å². The Labute approximate surface area is 202 Å². The van der Waals surface area contributed by atoms with Gasteiger partial charge in [-0.15, -0.1) is 0 Å². The van der Waals surface area contributed by atoms with Crippen LogP contribution in [0.2, 0.25) is 0 Å². The van der Waals surface area contributed by atoms with Crippen molar-refractivity contribution in [1.82, 2.24) is 25.9 Å². The Kier molecular flexibility index (Phi) is 7.61. The van der Waals surface area contributed by atoms with Crippen molar-refractivity contribution in [2.75, 3.05) is 7.05 Å². The second-order valence-electron chi connectivity index (χ2n) is 8.16. The van der Waals surface area contributed by atoms with Gasteiger partial charge in [-0.2, -0.15) is 0 Å². The number of rotatable bonds is 7. The largest absolute Gasteiger partial charge is 0.433 e. The van der Waals surface area contributed by atoms with Crippen LogP contribution in [0.25, 0.3) is 0 Å². The predicted octanol–water partition coefficient (Wildman–Crippen LogP) is 2.51. The number of nitrogens with zero attached hydrogens (tertiary/aromatic N) is 3. The predicted molar refractivity (Wildman–Crippen MR) is 128 cm³/mol. The summed E-state index contributed by atoms with van der Waals surface area (Å²) < 4.78 is 0. The fraction of sp³-hybridized carbons (Fsp3) is 0.280. The van der Waals surface area contributed by atoms with Crippen molar-refractivity contribution in [2.45, 2.75) is 31.8 Å². The topological polar surface area (TPSA) is 135 Å². The second-order valence-corrected chi connectivity index (χ2v) is 8.16. The number of carbonyl (C=O) groups excluding carboxylic acids is 3. The highest BCUT2D eigenvalue weighted by molar-refractivity contribution is 5.97. The van der Waals surface area contributed by atoms with Crippen LogP contribution in [0.1, 0.15) is 45.8 Å². The van der Waals surface area contributed by atoms with Crippen LogP contribution in [0.5, 0.6) is 0 Å². The van der Waals surface area contributed by atoms with Gasteiger partial charge in [-0.05, 0) is 36.0 Å². The number of aromatic nitrogens is 2. The van der Waals surface area contributed by atoms with Crippen molar-refractivity contribution in [1.29, 1.82) is 0 Å². The SMILES string of the molecule is CNC(=O)O/N=C/C1C=C2CCC(NC(=O)c3cc(C(=O)NCc4ccccc4)ncn3)C2=CC1. The molecule has 2 aliphatic rings. The summed E-state index contributed by atoms with van der Waals surface area (Å²) in [7, 11) is 1.46. The van der Waals surface area contributed by atoms with Crippen LogP contribution in [0, 0.1) is 5.92 Å². The Morgan fingerprint density at radius 1 is 1.14 bits per heavy atom. The Hall–Kier alpha value is -4.34. The fourth-order valence-corrected chi connectivity index (χ4v) is 4.03. The first-order valence-corrected chi connectivity index (χ1v) is 11.3. The van der Waals surface area contributed by atoms with Gasteiger partial charge in [0.25, 0.3) is 11.8 Å². The van der Waals surface area contributed by atoms with Crippen molar-refractivity contribution in [3.63, 3.8) is 0 Å². The average molecular weight is 475 g/mol. The second kappa shape index (κ2) is 11.2. The molecule has 3 N–H and O–H groups in total. The van der Waals surface area contributed by atoms with Gasteiger partial charge in [-0.25, -0.2) is 14.8 Å². The molecule has 1 saturated carbocycles. The molecule has 1 aromatic carbocycles. The quantitative estimate of drug-likeness (QED) is 0.321. The van der Waals surface area contributed by atoms with E-state index < -0.39 is 6.09 Å². The van der Waals surface area contributed by atoms with E-state index in [9.17, 15) is 14.4 Å². The zero-order valence-corrected chi connectivity index (χ0v) is 19.2. The molecular formula is C25H26N6O4. The van der Waals surface area contributed by atoms with Gasteiger partial charge >= 0.3 is 6.09 Å². The molecule has 10 nitrogen and oxygen atoms in total. The minimum Gasteiger partial charge on any atom is -0.347 e. The van der Waals surface area contributed by atoms with E-state index in [0.29, 0.717) is 13.0 Å². The molecular weight excluding hydrogens is 448 g/mol. The fourth-order valence-electron chi connectivity index (χ4n) is 4.03. The van der Waals surface area contributed by atoms with Gasteiger partial charge in [0.15, 0.2) is 0 Å².